The molecule has 1 aliphatic heterocycles. The quantitative estimate of drug-likeness (QED) is 0.270. The Morgan fingerprint density at radius 3 is 1.91 bits per heavy atom. The summed E-state index contributed by atoms with van der Waals surface area (Å²) in [6.45, 7) is 2.12. The number of benzene rings is 3. The first-order valence-corrected chi connectivity index (χ1v) is 14.9. The van der Waals surface area contributed by atoms with E-state index < -0.39 is 41.2 Å². The molecule has 236 valence electrons. The van der Waals surface area contributed by atoms with Crippen LogP contribution in [-0.2, 0) is 29.0 Å². The summed E-state index contributed by atoms with van der Waals surface area (Å²) in [6, 6.07) is 18.1. The van der Waals surface area contributed by atoms with Gasteiger partial charge in [-0.15, -0.1) is 0 Å². The van der Waals surface area contributed by atoms with Gasteiger partial charge < -0.3 is 10.2 Å². The number of amides is 1. The standard InChI is InChI=1S/C34H35F7N2O/c35-29-8-6-24(7-9-29)25-12-16-43(17-13-25)30-10-14-32(15-11-30,26-4-2-1-3-5-26)22-42-31(44)20-23-18-27(33(36,37)38)21-28(19-23)34(39,40)41/h1-9,18-19,21,25,30H,10-17,20,22H2,(H,42,44). The maximum atomic E-state index is 13.3. The minimum Gasteiger partial charge on any atom is -0.355 e. The monoisotopic (exact) mass is 620 g/mol. The van der Waals surface area contributed by atoms with E-state index in [1.807, 2.05) is 42.5 Å². The minimum absolute atomic E-state index is 0.0650. The number of piperidine rings is 1. The van der Waals surface area contributed by atoms with Gasteiger partial charge in [-0.05, 0) is 105 Å². The summed E-state index contributed by atoms with van der Waals surface area (Å²) in [7, 11) is 0. The number of alkyl halides is 6. The molecule has 0 unspecified atom stereocenters. The number of likely N-dealkylation sites (tertiary alicyclic amines) is 1. The van der Waals surface area contributed by atoms with Crippen LogP contribution in [-0.4, -0.2) is 36.5 Å². The first-order chi connectivity index (χ1) is 20.8. The molecule has 0 aromatic heterocycles. The van der Waals surface area contributed by atoms with Crippen molar-refractivity contribution in [3.05, 3.63) is 106 Å². The molecule has 2 aliphatic rings. The molecule has 5 rings (SSSR count). The van der Waals surface area contributed by atoms with Gasteiger partial charge in [-0.25, -0.2) is 4.39 Å². The van der Waals surface area contributed by atoms with Crippen LogP contribution in [0.3, 0.4) is 0 Å². The van der Waals surface area contributed by atoms with Crippen molar-refractivity contribution in [1.82, 2.24) is 10.2 Å². The number of carbonyl (C=O) groups excluding carboxylic acids is 1. The molecule has 1 amide bonds. The van der Waals surface area contributed by atoms with Crippen LogP contribution in [0.1, 0.15) is 72.3 Å². The van der Waals surface area contributed by atoms with E-state index in [1.165, 1.54) is 12.1 Å². The summed E-state index contributed by atoms with van der Waals surface area (Å²) in [5, 5.41) is 2.84. The smallest absolute Gasteiger partial charge is 0.355 e. The van der Waals surface area contributed by atoms with E-state index in [0.717, 1.165) is 62.7 Å². The van der Waals surface area contributed by atoms with E-state index in [-0.39, 0.29) is 24.0 Å². The fraction of sp³-hybridized carbons (Fsp3) is 0.441. The summed E-state index contributed by atoms with van der Waals surface area (Å²) in [6.07, 6.45) is -5.20. The van der Waals surface area contributed by atoms with E-state index in [1.54, 1.807) is 0 Å². The average Bonchev–Trinajstić information content (AvgIpc) is 3.00. The average molecular weight is 621 g/mol. The van der Waals surface area contributed by atoms with Crippen LogP contribution < -0.4 is 5.32 Å². The number of halogens is 7. The third kappa shape index (κ3) is 7.62. The molecular weight excluding hydrogens is 585 g/mol. The predicted molar refractivity (Wildman–Crippen MR) is 153 cm³/mol. The zero-order valence-corrected chi connectivity index (χ0v) is 24.2. The lowest BCUT2D eigenvalue weighted by Crippen LogP contribution is -2.49. The minimum atomic E-state index is -4.97. The van der Waals surface area contributed by atoms with Gasteiger partial charge in [0.25, 0.3) is 0 Å². The van der Waals surface area contributed by atoms with E-state index in [2.05, 4.69) is 10.2 Å². The highest BCUT2D eigenvalue weighted by Crippen LogP contribution is 2.42. The third-order valence-corrected chi connectivity index (χ3v) is 9.32. The molecule has 44 heavy (non-hydrogen) atoms. The SMILES string of the molecule is O=C(Cc1cc(C(F)(F)F)cc(C(F)(F)F)c1)NCC1(c2ccccc2)CCC(N2CCC(c3ccc(F)cc3)CC2)CC1. The van der Waals surface area contributed by atoms with Crippen molar-refractivity contribution < 1.29 is 35.5 Å². The van der Waals surface area contributed by atoms with Crippen molar-refractivity contribution in [3.63, 3.8) is 0 Å². The highest BCUT2D eigenvalue weighted by Gasteiger charge is 2.40. The molecule has 0 atom stereocenters. The van der Waals surface area contributed by atoms with E-state index >= 15 is 0 Å². The van der Waals surface area contributed by atoms with Crippen LogP contribution >= 0.6 is 0 Å². The molecule has 1 heterocycles. The van der Waals surface area contributed by atoms with E-state index in [9.17, 15) is 35.5 Å². The molecule has 0 bridgehead atoms. The van der Waals surface area contributed by atoms with Crippen molar-refractivity contribution in [2.24, 2.45) is 0 Å². The third-order valence-electron chi connectivity index (χ3n) is 9.32. The van der Waals surface area contributed by atoms with Gasteiger partial charge in [-0.3, -0.25) is 4.79 Å². The topological polar surface area (TPSA) is 32.3 Å². The number of hydrogen-bond donors (Lipinski definition) is 1. The second-order valence-electron chi connectivity index (χ2n) is 12.1. The van der Waals surface area contributed by atoms with Gasteiger partial charge in [0.05, 0.1) is 17.5 Å². The molecule has 1 saturated heterocycles. The Bertz CT molecular complexity index is 1370. The van der Waals surface area contributed by atoms with Crippen LogP contribution in [0.15, 0.2) is 72.8 Å². The van der Waals surface area contributed by atoms with Gasteiger partial charge >= 0.3 is 12.4 Å². The Hall–Kier alpha value is -3.40. The normalized spacial score (nSPS) is 22.1. The summed E-state index contributed by atoms with van der Waals surface area (Å²) in [5.41, 5.74) is -1.40. The summed E-state index contributed by atoms with van der Waals surface area (Å²) < 4.78 is 93.1. The summed E-state index contributed by atoms with van der Waals surface area (Å²) >= 11 is 0. The lowest BCUT2D eigenvalue weighted by molar-refractivity contribution is -0.143. The second kappa shape index (κ2) is 12.9. The maximum absolute atomic E-state index is 13.3. The Labute approximate surface area is 252 Å². The lowest BCUT2D eigenvalue weighted by atomic mass is 9.67. The van der Waals surface area contributed by atoms with E-state index in [0.29, 0.717) is 24.1 Å². The number of hydrogen-bond acceptors (Lipinski definition) is 2. The Balaban J connectivity index is 1.23. The maximum Gasteiger partial charge on any atom is 0.416 e. The van der Waals surface area contributed by atoms with Gasteiger partial charge in [-0.1, -0.05) is 42.5 Å². The molecule has 1 aliphatic carbocycles. The fourth-order valence-electron chi connectivity index (χ4n) is 6.85. The van der Waals surface area contributed by atoms with Crippen LogP contribution in [0, 0.1) is 5.82 Å². The zero-order chi connectivity index (χ0) is 31.5. The molecule has 2 fully saturated rings. The van der Waals surface area contributed by atoms with Gasteiger partial charge in [0.2, 0.25) is 5.91 Å². The number of nitrogens with zero attached hydrogens (tertiary/aromatic N) is 1. The van der Waals surface area contributed by atoms with Crippen molar-refractivity contribution in [2.45, 2.75) is 74.7 Å². The molecule has 1 saturated carbocycles. The van der Waals surface area contributed by atoms with Crippen molar-refractivity contribution in [2.75, 3.05) is 19.6 Å². The first-order valence-electron chi connectivity index (χ1n) is 14.9. The molecule has 3 aromatic carbocycles. The van der Waals surface area contributed by atoms with E-state index in [4.69, 9.17) is 0 Å². The molecule has 10 heteroatoms. The Morgan fingerprint density at radius 1 is 0.795 bits per heavy atom. The molecule has 3 aromatic rings. The second-order valence-corrected chi connectivity index (χ2v) is 12.1. The van der Waals surface area contributed by atoms with Gasteiger partial charge in [-0.2, -0.15) is 26.3 Å². The fourth-order valence-corrected chi connectivity index (χ4v) is 6.85. The first kappa shape index (κ1) is 32.0. The molecule has 0 radical (unpaired) electrons. The number of rotatable bonds is 7. The largest absolute Gasteiger partial charge is 0.416 e. The van der Waals surface area contributed by atoms with Gasteiger partial charge in [0, 0.05) is 18.0 Å². The van der Waals surface area contributed by atoms with Crippen LogP contribution in [0.4, 0.5) is 30.7 Å². The Kier molecular flexibility index (Phi) is 9.39. The predicted octanol–water partition coefficient (Wildman–Crippen LogP) is 8.28. The van der Waals surface area contributed by atoms with Gasteiger partial charge in [0.15, 0.2) is 0 Å². The lowest BCUT2D eigenvalue weighted by Gasteiger charge is -2.46. The Morgan fingerprint density at radius 2 is 1.36 bits per heavy atom. The molecule has 1 N–H and O–H groups in total. The number of carbonyl (C=O) groups is 1. The van der Waals surface area contributed by atoms with Gasteiger partial charge in [0.1, 0.15) is 5.82 Å². The molecule has 0 spiro atoms. The number of nitrogens with one attached hydrogen (secondary N) is 1. The highest BCUT2D eigenvalue weighted by molar-refractivity contribution is 5.78. The zero-order valence-electron chi connectivity index (χ0n) is 24.2. The van der Waals surface area contributed by atoms with Crippen LogP contribution in [0.2, 0.25) is 0 Å². The van der Waals surface area contributed by atoms with Crippen molar-refractivity contribution in [3.8, 4) is 0 Å². The van der Waals surface area contributed by atoms with Crippen molar-refractivity contribution >= 4 is 5.91 Å². The summed E-state index contributed by atoms with van der Waals surface area (Å²) in [5.74, 6) is -0.464. The van der Waals surface area contributed by atoms with Crippen LogP contribution in [0.5, 0.6) is 0 Å². The van der Waals surface area contributed by atoms with Crippen molar-refractivity contribution in [1.29, 1.82) is 0 Å². The molecular formula is C34H35F7N2O. The van der Waals surface area contributed by atoms with Crippen LogP contribution in [0.25, 0.3) is 0 Å². The summed E-state index contributed by atoms with van der Waals surface area (Å²) in [4.78, 5) is 15.4. The highest BCUT2D eigenvalue weighted by atomic mass is 19.4. The molecule has 3 nitrogen and oxygen atoms in total.